The quantitative estimate of drug-likeness (QED) is 0.149. The summed E-state index contributed by atoms with van der Waals surface area (Å²) in [5.41, 5.74) is 18.2. The molecule has 0 radical (unpaired) electrons. The van der Waals surface area contributed by atoms with Gasteiger partial charge in [0, 0.05) is 39.5 Å². The summed E-state index contributed by atoms with van der Waals surface area (Å²) in [5, 5.41) is 5.82. The van der Waals surface area contributed by atoms with Crippen LogP contribution in [0.4, 0.5) is 34.1 Å². The summed E-state index contributed by atoms with van der Waals surface area (Å²) in [5.74, 6) is 0. The van der Waals surface area contributed by atoms with Crippen LogP contribution in [0.3, 0.4) is 0 Å². The Morgan fingerprint density at radius 3 is 1.38 bits per heavy atom. The number of anilines is 6. The lowest BCUT2D eigenvalue weighted by Gasteiger charge is -2.32. The normalized spacial score (nSPS) is 14.6. The molecule has 1 heterocycles. The smallest absolute Gasteiger partial charge is 0.113 e. The van der Waals surface area contributed by atoms with Gasteiger partial charge in [-0.3, -0.25) is 0 Å². The third-order valence-electron chi connectivity index (χ3n) is 13.7. The van der Waals surface area contributed by atoms with E-state index in [0.717, 1.165) is 0 Å². The molecule has 12 rings (SSSR count). The molecule has 9 aromatic rings. The van der Waals surface area contributed by atoms with E-state index in [-0.39, 0.29) is 5.41 Å². The molecule has 1 aliphatic heterocycles. The number of para-hydroxylation sites is 4. The highest BCUT2D eigenvalue weighted by atomic mass is 28.3. The lowest BCUT2D eigenvalue weighted by atomic mass is 9.73. The van der Waals surface area contributed by atoms with E-state index < -0.39 is 8.07 Å². The van der Waals surface area contributed by atoms with Crippen LogP contribution >= 0.6 is 0 Å². The van der Waals surface area contributed by atoms with Gasteiger partial charge in [-0.2, -0.15) is 0 Å². The Balaban J connectivity index is 0.951. The van der Waals surface area contributed by atoms with E-state index in [1.54, 1.807) is 0 Å². The van der Waals surface area contributed by atoms with E-state index in [4.69, 9.17) is 0 Å². The maximum absolute atomic E-state index is 2.55. The van der Waals surface area contributed by atoms with Crippen molar-refractivity contribution >= 4 is 63.3 Å². The van der Waals surface area contributed by atoms with Crippen molar-refractivity contribution in [1.82, 2.24) is 0 Å². The molecule has 1 saturated carbocycles. The number of nitrogens with zero attached hydrogens (tertiary/aromatic N) is 2. The molecular weight excluding hydrogens is 741 g/mol. The van der Waals surface area contributed by atoms with Gasteiger partial charge in [0.1, 0.15) is 8.07 Å². The molecule has 0 bridgehead atoms. The van der Waals surface area contributed by atoms with Crippen LogP contribution in [0.25, 0.3) is 44.2 Å². The molecule has 1 spiro atoms. The Kier molecular flexibility index (Phi) is 7.76. The molecule has 0 atom stereocenters. The lowest BCUT2D eigenvalue weighted by molar-refractivity contribution is 0.853. The zero-order valence-corrected chi connectivity index (χ0v) is 34.9. The molecule has 0 N–H and O–H groups in total. The highest BCUT2D eigenvalue weighted by Crippen LogP contribution is 2.62. The highest BCUT2D eigenvalue weighted by Gasteiger charge is 2.50. The van der Waals surface area contributed by atoms with Crippen LogP contribution in [0.15, 0.2) is 206 Å². The van der Waals surface area contributed by atoms with Crippen LogP contribution < -0.4 is 20.2 Å². The molecule has 1 fully saturated rings. The van der Waals surface area contributed by atoms with Crippen LogP contribution in [-0.4, -0.2) is 8.07 Å². The first-order chi connectivity index (χ1) is 29.5. The minimum absolute atomic E-state index is 0.0368. The van der Waals surface area contributed by atoms with Gasteiger partial charge in [0.25, 0.3) is 0 Å². The molecule has 60 heavy (non-hydrogen) atoms. The molecule has 2 nitrogen and oxygen atoms in total. The van der Waals surface area contributed by atoms with Crippen molar-refractivity contribution in [3.8, 4) is 33.4 Å². The standard InChI is InChI=1S/C57H44N2Si/c1-60(2)54-36-39(26-29-48(54)49-31-28-45(38-55(49)60)59(42-20-11-5-12-21-42)43-22-13-6-14-23-43)46-32-33-51-47-30-27-44(58(40-16-7-3-8-17-40)41-18-9-4-10-19-41)37-53(47)57(34-35-57)52-25-15-24-50(46)56(51)52/h3-33,36-38H,34-35H2,1-2H3. The van der Waals surface area contributed by atoms with E-state index in [1.807, 2.05) is 0 Å². The number of rotatable bonds is 7. The van der Waals surface area contributed by atoms with Crippen molar-refractivity contribution in [2.75, 3.05) is 9.80 Å². The summed E-state index contributed by atoms with van der Waals surface area (Å²) in [7, 11) is -2.06. The molecule has 3 heteroatoms. The first kappa shape index (κ1) is 35.0. The third kappa shape index (κ3) is 5.25. The third-order valence-corrected chi connectivity index (χ3v) is 17.2. The van der Waals surface area contributed by atoms with E-state index in [1.165, 1.54) is 113 Å². The van der Waals surface area contributed by atoms with Gasteiger partial charge in [-0.05, 0) is 151 Å². The van der Waals surface area contributed by atoms with E-state index in [2.05, 4.69) is 229 Å². The maximum atomic E-state index is 2.55. The van der Waals surface area contributed by atoms with Crippen molar-refractivity contribution in [1.29, 1.82) is 0 Å². The average molecular weight is 785 g/mol. The van der Waals surface area contributed by atoms with Gasteiger partial charge in [0.2, 0.25) is 0 Å². The summed E-state index contributed by atoms with van der Waals surface area (Å²) in [6.45, 7) is 5.08. The minimum atomic E-state index is -2.06. The van der Waals surface area contributed by atoms with Crippen molar-refractivity contribution in [3.63, 3.8) is 0 Å². The predicted octanol–water partition coefficient (Wildman–Crippen LogP) is 14.3. The molecule has 0 unspecified atom stereocenters. The SMILES string of the molecule is C[Si]1(C)c2cc(-c3ccc4c5c(cccc35)C3(CC3)c3cc(N(c5ccccc5)c5ccccc5)ccc3-4)ccc2-c2ccc(N(c3ccccc3)c3ccccc3)cc21. The molecule has 0 saturated heterocycles. The maximum Gasteiger partial charge on any atom is 0.113 e. The summed E-state index contributed by atoms with van der Waals surface area (Å²) < 4.78 is 0. The van der Waals surface area contributed by atoms with Crippen LogP contribution in [0.1, 0.15) is 24.0 Å². The van der Waals surface area contributed by atoms with Crippen molar-refractivity contribution < 1.29 is 0 Å². The van der Waals surface area contributed by atoms with Crippen molar-refractivity contribution in [2.45, 2.75) is 31.4 Å². The van der Waals surface area contributed by atoms with Crippen molar-refractivity contribution in [3.05, 3.63) is 217 Å². The van der Waals surface area contributed by atoms with E-state index >= 15 is 0 Å². The van der Waals surface area contributed by atoms with Crippen molar-refractivity contribution in [2.24, 2.45) is 0 Å². The van der Waals surface area contributed by atoms with Gasteiger partial charge in [0.15, 0.2) is 0 Å². The molecule has 3 aliphatic rings. The fraction of sp³-hybridized carbons (Fsp3) is 0.0877. The van der Waals surface area contributed by atoms with Gasteiger partial charge in [-0.15, -0.1) is 0 Å². The topological polar surface area (TPSA) is 6.48 Å². The summed E-state index contributed by atoms with van der Waals surface area (Å²) in [6, 6.07) is 76.7. The first-order valence-corrected chi connectivity index (χ1v) is 24.3. The Morgan fingerprint density at radius 2 is 0.833 bits per heavy atom. The Labute approximate surface area is 353 Å². The van der Waals surface area contributed by atoms with Crippen LogP contribution in [0, 0.1) is 0 Å². The molecule has 2 aliphatic carbocycles. The number of benzene rings is 9. The highest BCUT2D eigenvalue weighted by molar-refractivity contribution is 7.04. The Hall–Kier alpha value is -6.94. The zero-order chi connectivity index (χ0) is 40.0. The zero-order valence-electron chi connectivity index (χ0n) is 33.9. The summed E-state index contributed by atoms with van der Waals surface area (Å²) in [6.07, 6.45) is 2.35. The number of hydrogen-bond donors (Lipinski definition) is 0. The Morgan fingerprint density at radius 1 is 0.367 bits per heavy atom. The lowest BCUT2D eigenvalue weighted by Crippen LogP contribution is -2.49. The largest absolute Gasteiger partial charge is 0.311 e. The van der Waals surface area contributed by atoms with E-state index in [9.17, 15) is 0 Å². The van der Waals surface area contributed by atoms with Crippen LogP contribution in [-0.2, 0) is 5.41 Å². The van der Waals surface area contributed by atoms with Crippen LogP contribution in [0.5, 0.6) is 0 Å². The summed E-state index contributed by atoms with van der Waals surface area (Å²) >= 11 is 0. The number of fused-ring (bicyclic) bond motifs is 7. The van der Waals surface area contributed by atoms with Gasteiger partial charge in [-0.25, -0.2) is 0 Å². The summed E-state index contributed by atoms with van der Waals surface area (Å²) in [4.78, 5) is 4.79. The molecule has 9 aromatic carbocycles. The second kappa shape index (κ2) is 13.3. The predicted molar refractivity (Wildman–Crippen MR) is 256 cm³/mol. The van der Waals surface area contributed by atoms with Gasteiger partial charge in [-0.1, -0.05) is 147 Å². The first-order valence-electron chi connectivity index (χ1n) is 21.3. The van der Waals surface area contributed by atoms with Gasteiger partial charge in [0.05, 0.1) is 0 Å². The molecular formula is C57H44N2Si. The fourth-order valence-electron chi connectivity index (χ4n) is 10.6. The van der Waals surface area contributed by atoms with E-state index in [0.29, 0.717) is 0 Å². The van der Waals surface area contributed by atoms with Gasteiger partial charge < -0.3 is 9.80 Å². The molecule has 0 aromatic heterocycles. The number of hydrogen-bond acceptors (Lipinski definition) is 2. The fourth-order valence-corrected chi connectivity index (χ4v) is 13.7. The average Bonchev–Trinajstić information content (AvgIpc) is 4.07. The second-order valence-corrected chi connectivity index (χ2v) is 21.7. The molecule has 286 valence electrons. The van der Waals surface area contributed by atoms with Gasteiger partial charge >= 0.3 is 0 Å². The second-order valence-electron chi connectivity index (χ2n) is 17.3. The van der Waals surface area contributed by atoms with Crippen LogP contribution in [0.2, 0.25) is 13.1 Å². The monoisotopic (exact) mass is 784 g/mol. The molecule has 0 amide bonds. The minimum Gasteiger partial charge on any atom is -0.311 e. The Bertz CT molecular complexity index is 3040.